The Balaban J connectivity index is 2.20. The Morgan fingerprint density at radius 3 is 2.43 bits per heavy atom. The number of benzene rings is 1. The van der Waals surface area contributed by atoms with Crippen LogP contribution in [-0.2, 0) is 4.79 Å². The summed E-state index contributed by atoms with van der Waals surface area (Å²) in [6, 6.07) is 5.32. The van der Waals surface area contributed by atoms with Gasteiger partial charge >= 0.3 is 6.36 Å². The monoisotopic (exact) mass is 318 g/mol. The molecule has 1 saturated carbocycles. The first-order valence-corrected chi connectivity index (χ1v) is 6.61. The van der Waals surface area contributed by atoms with Crippen LogP contribution in [0, 0.1) is 5.41 Å². The molecule has 0 saturated heterocycles. The number of alkyl halides is 3. The van der Waals surface area contributed by atoms with Crippen molar-refractivity contribution in [1.29, 1.82) is 0 Å². The van der Waals surface area contributed by atoms with Crippen LogP contribution in [0.4, 0.5) is 18.9 Å². The van der Waals surface area contributed by atoms with Gasteiger partial charge in [-0.2, -0.15) is 0 Å². The zero-order valence-electron chi connectivity index (χ0n) is 10.9. The first-order valence-electron chi connectivity index (χ1n) is 6.21. The maximum atomic E-state index is 12.3. The number of rotatable bonds is 4. The van der Waals surface area contributed by atoms with E-state index in [-0.39, 0.29) is 10.7 Å². The second kappa shape index (κ2) is 5.51. The van der Waals surface area contributed by atoms with E-state index in [0.29, 0.717) is 12.8 Å². The second-order valence-corrected chi connectivity index (χ2v) is 5.24. The highest BCUT2D eigenvalue weighted by Crippen LogP contribution is 2.43. The van der Waals surface area contributed by atoms with Gasteiger partial charge in [-0.05, 0) is 25.0 Å². The second-order valence-electron chi connectivity index (χ2n) is 4.80. The number of hydrogen-bond acceptors (Lipinski definition) is 3. The Bertz CT molecular complexity index is 571. The standard InChI is InChI=1S/C13H13F3N2O2S/c14-13(15,16)20-9-5-2-1-4-8(9)18-11(19)12(10(17)21)6-3-7-12/h1-2,4-5H,3,6-7H2,(H2,17,21)(H,18,19). The van der Waals surface area contributed by atoms with Crippen molar-refractivity contribution in [3.05, 3.63) is 24.3 Å². The number of nitrogens with two attached hydrogens (primary N) is 1. The van der Waals surface area contributed by atoms with Crippen molar-refractivity contribution >= 4 is 28.8 Å². The SMILES string of the molecule is NC(=S)C1(C(=O)Nc2ccccc2OC(F)(F)F)CCC1. The van der Waals surface area contributed by atoms with Gasteiger partial charge in [0, 0.05) is 0 Å². The van der Waals surface area contributed by atoms with Crippen molar-refractivity contribution in [2.24, 2.45) is 11.1 Å². The molecule has 0 atom stereocenters. The molecule has 1 amide bonds. The van der Waals surface area contributed by atoms with Gasteiger partial charge in [0.15, 0.2) is 5.75 Å². The van der Waals surface area contributed by atoms with E-state index in [4.69, 9.17) is 18.0 Å². The number of amides is 1. The fraction of sp³-hybridized carbons (Fsp3) is 0.385. The zero-order chi connectivity index (χ0) is 15.7. The Labute approximate surface area is 124 Å². The molecule has 4 nitrogen and oxygen atoms in total. The maximum Gasteiger partial charge on any atom is 0.573 e. The van der Waals surface area contributed by atoms with Crippen LogP contribution in [0.3, 0.4) is 0 Å². The lowest BCUT2D eigenvalue weighted by Crippen LogP contribution is -2.50. The Morgan fingerprint density at radius 1 is 1.33 bits per heavy atom. The van der Waals surface area contributed by atoms with Gasteiger partial charge in [-0.3, -0.25) is 4.79 Å². The summed E-state index contributed by atoms with van der Waals surface area (Å²) in [6.45, 7) is 0. The average Bonchev–Trinajstić information content (AvgIpc) is 2.27. The van der Waals surface area contributed by atoms with Crippen molar-refractivity contribution in [1.82, 2.24) is 0 Å². The van der Waals surface area contributed by atoms with Crippen molar-refractivity contribution in [3.63, 3.8) is 0 Å². The number of halogens is 3. The molecule has 0 spiro atoms. The Kier molecular flexibility index (Phi) is 4.08. The van der Waals surface area contributed by atoms with Crippen LogP contribution in [0.2, 0.25) is 0 Å². The van der Waals surface area contributed by atoms with Crippen LogP contribution < -0.4 is 15.8 Å². The molecule has 1 aromatic rings. The topological polar surface area (TPSA) is 64.4 Å². The lowest BCUT2D eigenvalue weighted by molar-refractivity contribution is -0.274. The molecule has 0 radical (unpaired) electrons. The van der Waals surface area contributed by atoms with E-state index in [0.717, 1.165) is 12.5 Å². The smallest absolute Gasteiger partial charge is 0.404 e. The molecule has 1 aliphatic carbocycles. The molecule has 21 heavy (non-hydrogen) atoms. The largest absolute Gasteiger partial charge is 0.573 e. The molecule has 2 rings (SSSR count). The first-order chi connectivity index (χ1) is 9.74. The normalized spacial score (nSPS) is 16.7. The first kappa shape index (κ1) is 15.6. The van der Waals surface area contributed by atoms with E-state index in [1.807, 2.05) is 0 Å². The predicted molar refractivity (Wildman–Crippen MR) is 74.8 cm³/mol. The summed E-state index contributed by atoms with van der Waals surface area (Å²) in [5.41, 5.74) is 4.55. The van der Waals surface area contributed by atoms with Crippen molar-refractivity contribution < 1.29 is 22.7 Å². The van der Waals surface area contributed by atoms with Gasteiger partial charge in [-0.1, -0.05) is 30.8 Å². The summed E-state index contributed by atoms with van der Waals surface area (Å²) in [6.07, 6.45) is -3.05. The van der Waals surface area contributed by atoms with E-state index in [2.05, 4.69) is 10.1 Å². The molecule has 0 bridgehead atoms. The summed E-state index contributed by atoms with van der Waals surface area (Å²) in [5, 5.41) is 2.43. The number of anilines is 1. The molecule has 114 valence electrons. The molecular formula is C13H13F3N2O2S. The molecule has 0 heterocycles. The Hall–Kier alpha value is -1.83. The number of nitrogens with one attached hydrogen (secondary N) is 1. The van der Waals surface area contributed by atoms with Crippen LogP contribution in [0.25, 0.3) is 0 Å². The Morgan fingerprint density at radius 2 is 1.95 bits per heavy atom. The third-order valence-electron chi connectivity index (χ3n) is 3.47. The molecule has 0 unspecified atom stereocenters. The minimum atomic E-state index is -4.84. The van der Waals surface area contributed by atoms with Gasteiger partial charge < -0.3 is 15.8 Å². The molecule has 3 N–H and O–H groups in total. The number of carbonyl (C=O) groups excluding carboxylic acids is 1. The molecule has 8 heteroatoms. The van der Waals surface area contributed by atoms with E-state index in [9.17, 15) is 18.0 Å². The van der Waals surface area contributed by atoms with Crippen molar-refractivity contribution in [3.8, 4) is 5.75 Å². The molecule has 0 aromatic heterocycles. The average molecular weight is 318 g/mol. The lowest BCUT2D eigenvalue weighted by Gasteiger charge is -2.39. The summed E-state index contributed by atoms with van der Waals surface area (Å²) < 4.78 is 40.8. The number of carbonyl (C=O) groups is 1. The fourth-order valence-corrected chi connectivity index (χ4v) is 2.44. The minimum Gasteiger partial charge on any atom is -0.404 e. The van der Waals surface area contributed by atoms with E-state index >= 15 is 0 Å². The van der Waals surface area contributed by atoms with E-state index in [1.54, 1.807) is 0 Å². The number of hydrogen-bond donors (Lipinski definition) is 2. The van der Waals surface area contributed by atoms with Crippen LogP contribution in [0.1, 0.15) is 19.3 Å². The van der Waals surface area contributed by atoms with Gasteiger partial charge in [0.1, 0.15) is 0 Å². The third kappa shape index (κ3) is 3.26. The third-order valence-corrected chi connectivity index (χ3v) is 3.87. The number of ether oxygens (including phenoxy) is 1. The molecule has 1 fully saturated rings. The van der Waals surface area contributed by atoms with Crippen LogP contribution >= 0.6 is 12.2 Å². The van der Waals surface area contributed by atoms with Gasteiger partial charge in [-0.25, -0.2) is 0 Å². The van der Waals surface area contributed by atoms with E-state index < -0.39 is 23.4 Å². The number of thiocarbonyl (C=S) groups is 1. The van der Waals surface area contributed by atoms with Crippen LogP contribution in [-0.4, -0.2) is 17.3 Å². The summed E-state index contributed by atoms with van der Waals surface area (Å²) >= 11 is 4.90. The van der Waals surface area contributed by atoms with Crippen molar-refractivity contribution in [2.75, 3.05) is 5.32 Å². The molecule has 0 aliphatic heterocycles. The summed E-state index contributed by atoms with van der Waals surface area (Å²) in [4.78, 5) is 12.3. The molecular weight excluding hydrogens is 305 g/mol. The quantitative estimate of drug-likeness (QED) is 0.838. The summed E-state index contributed by atoms with van der Waals surface area (Å²) in [7, 11) is 0. The van der Waals surface area contributed by atoms with E-state index in [1.165, 1.54) is 18.2 Å². The lowest BCUT2D eigenvalue weighted by atomic mass is 9.68. The predicted octanol–water partition coefficient (Wildman–Crippen LogP) is 2.98. The zero-order valence-corrected chi connectivity index (χ0v) is 11.7. The highest BCUT2D eigenvalue weighted by atomic mass is 32.1. The fourth-order valence-electron chi connectivity index (χ4n) is 2.14. The van der Waals surface area contributed by atoms with Gasteiger partial charge in [0.05, 0.1) is 16.1 Å². The van der Waals surface area contributed by atoms with Gasteiger partial charge in [-0.15, -0.1) is 13.2 Å². The highest BCUT2D eigenvalue weighted by Gasteiger charge is 2.47. The number of para-hydroxylation sites is 2. The molecule has 1 aromatic carbocycles. The van der Waals surface area contributed by atoms with Gasteiger partial charge in [0.2, 0.25) is 5.91 Å². The molecule has 1 aliphatic rings. The van der Waals surface area contributed by atoms with Crippen LogP contribution in [0.5, 0.6) is 5.75 Å². The van der Waals surface area contributed by atoms with Crippen LogP contribution in [0.15, 0.2) is 24.3 Å². The maximum absolute atomic E-state index is 12.3. The minimum absolute atomic E-state index is 0.0560. The highest BCUT2D eigenvalue weighted by molar-refractivity contribution is 7.80. The van der Waals surface area contributed by atoms with Gasteiger partial charge in [0.25, 0.3) is 0 Å². The summed E-state index contributed by atoms with van der Waals surface area (Å²) in [5.74, 6) is -0.977. The van der Waals surface area contributed by atoms with Crippen molar-refractivity contribution in [2.45, 2.75) is 25.6 Å².